The average Bonchev–Trinajstić information content (AvgIpc) is 3.00. The van der Waals surface area contributed by atoms with Crippen LogP contribution >= 0.6 is 0 Å². The van der Waals surface area contributed by atoms with Gasteiger partial charge in [-0.05, 0) is 41.3 Å². The molecule has 13 heteroatoms. The molecule has 7 nitrogen and oxygen atoms in total. The minimum atomic E-state index is -5.94. The summed E-state index contributed by atoms with van der Waals surface area (Å²) in [5, 5.41) is 9.63. The van der Waals surface area contributed by atoms with Crippen LogP contribution in [0.25, 0.3) is 11.1 Å². The van der Waals surface area contributed by atoms with Crippen LogP contribution in [0.3, 0.4) is 0 Å². The summed E-state index contributed by atoms with van der Waals surface area (Å²) in [6.45, 7) is 6.22. The summed E-state index contributed by atoms with van der Waals surface area (Å²) in [6.07, 6.45) is -8.22. The predicted octanol–water partition coefficient (Wildman–Crippen LogP) is 5.72. The number of hydrogen-bond donors (Lipinski definition) is 1. The van der Waals surface area contributed by atoms with Crippen molar-refractivity contribution in [2.75, 3.05) is 39.5 Å². The summed E-state index contributed by atoms with van der Waals surface area (Å²) in [4.78, 5) is 21.2. The lowest BCUT2D eigenvalue weighted by Crippen LogP contribution is -2.53. The van der Waals surface area contributed by atoms with Crippen LogP contribution in [0.15, 0.2) is 73.1 Å². The number of carbonyl (C=O) groups is 1. The molecule has 1 atom stereocenters. The Morgan fingerprint density at radius 1 is 0.844 bits per heavy atom. The summed E-state index contributed by atoms with van der Waals surface area (Å²) in [5.74, 6) is -0.305. The summed E-state index contributed by atoms with van der Waals surface area (Å²) in [7, 11) is 0. The van der Waals surface area contributed by atoms with E-state index in [1.165, 1.54) is 0 Å². The highest BCUT2D eigenvalue weighted by molar-refractivity contribution is 5.70. The smallest absolute Gasteiger partial charge is 0.430 e. The number of piperazine rings is 1. The molecular weight excluding hydrogens is 604 g/mol. The number of carbonyl (C=O) groups excluding carboxylic acids is 1. The lowest BCUT2D eigenvalue weighted by atomic mass is 9.90. The Balaban J connectivity index is 1.42. The van der Waals surface area contributed by atoms with Crippen molar-refractivity contribution in [1.82, 2.24) is 14.8 Å². The Labute approximate surface area is 257 Å². The number of aliphatic hydroxyl groups is 1. The second kappa shape index (κ2) is 14.7. The first kappa shape index (κ1) is 34.4. The van der Waals surface area contributed by atoms with E-state index in [2.05, 4.69) is 14.8 Å². The average molecular weight is 640 g/mol. The molecule has 1 unspecified atom stereocenters. The fourth-order valence-corrected chi connectivity index (χ4v) is 5.29. The van der Waals surface area contributed by atoms with Crippen LogP contribution in [0.5, 0.6) is 0 Å². The lowest BCUT2D eigenvalue weighted by molar-refractivity contribution is -0.376. The van der Waals surface area contributed by atoms with Crippen molar-refractivity contribution in [2.45, 2.75) is 50.4 Å². The van der Waals surface area contributed by atoms with Gasteiger partial charge in [0.2, 0.25) is 0 Å². The van der Waals surface area contributed by atoms with Gasteiger partial charge in [0.15, 0.2) is 0 Å². The normalized spacial score (nSPS) is 16.9. The molecule has 45 heavy (non-hydrogen) atoms. The van der Waals surface area contributed by atoms with Crippen molar-refractivity contribution in [3.8, 4) is 11.1 Å². The van der Waals surface area contributed by atoms with E-state index in [1.54, 1.807) is 24.5 Å². The summed E-state index contributed by atoms with van der Waals surface area (Å²) >= 11 is 0. The molecule has 0 aliphatic carbocycles. The molecule has 1 aliphatic heterocycles. The fraction of sp³-hybridized carbons (Fsp3) is 0.438. The Bertz CT molecular complexity index is 1350. The predicted molar refractivity (Wildman–Crippen MR) is 154 cm³/mol. The van der Waals surface area contributed by atoms with Gasteiger partial charge in [0.1, 0.15) is 6.61 Å². The van der Waals surface area contributed by atoms with Crippen LogP contribution in [0.2, 0.25) is 0 Å². The number of nitrogens with zero attached hydrogens (tertiary/aromatic N) is 3. The number of rotatable bonds is 12. The summed E-state index contributed by atoms with van der Waals surface area (Å²) in [5.41, 5.74) is -3.27. The van der Waals surface area contributed by atoms with Crippen LogP contribution in [-0.2, 0) is 33.0 Å². The van der Waals surface area contributed by atoms with Gasteiger partial charge < -0.3 is 14.6 Å². The van der Waals surface area contributed by atoms with E-state index in [0.29, 0.717) is 62.7 Å². The van der Waals surface area contributed by atoms with E-state index in [-0.39, 0.29) is 25.0 Å². The van der Waals surface area contributed by atoms with Gasteiger partial charge in [-0.1, -0.05) is 48.5 Å². The molecule has 3 aromatic rings. The van der Waals surface area contributed by atoms with Gasteiger partial charge in [0.05, 0.1) is 13.0 Å². The summed E-state index contributed by atoms with van der Waals surface area (Å²) < 4.78 is 89.9. The van der Waals surface area contributed by atoms with Gasteiger partial charge in [-0.25, -0.2) is 0 Å². The Morgan fingerprint density at radius 2 is 1.42 bits per heavy atom. The molecule has 0 amide bonds. The van der Waals surface area contributed by atoms with Crippen molar-refractivity contribution >= 4 is 5.97 Å². The Kier molecular flexibility index (Phi) is 11.2. The third-order valence-corrected chi connectivity index (χ3v) is 7.74. The Hall–Kier alpha value is -3.52. The van der Waals surface area contributed by atoms with E-state index in [0.717, 1.165) is 29.8 Å². The third kappa shape index (κ3) is 8.60. The second-order valence-corrected chi connectivity index (χ2v) is 10.8. The highest BCUT2D eigenvalue weighted by Gasteiger charge is 2.71. The summed E-state index contributed by atoms with van der Waals surface area (Å²) in [6, 6.07) is 14.4. The van der Waals surface area contributed by atoms with Crippen LogP contribution < -0.4 is 0 Å². The van der Waals surface area contributed by atoms with Crippen LogP contribution in [0.1, 0.15) is 30.0 Å². The van der Waals surface area contributed by atoms with Gasteiger partial charge in [0, 0.05) is 63.3 Å². The quantitative estimate of drug-likeness (QED) is 0.155. The van der Waals surface area contributed by atoms with Crippen LogP contribution in [0.4, 0.5) is 26.3 Å². The van der Waals surface area contributed by atoms with Crippen molar-refractivity contribution in [2.24, 2.45) is 0 Å². The SMILES string of the molecule is CCOCCOC(=O)CC1CN(Cc2ccc(-c3ccc(C(O)(C(F)(F)F)C(F)(F)F)cc3)cc2)CCN1Cc1ccncc1. The molecule has 1 fully saturated rings. The first-order valence-electron chi connectivity index (χ1n) is 14.5. The van der Waals surface area contributed by atoms with Gasteiger partial charge in [0.25, 0.3) is 5.60 Å². The number of ether oxygens (including phenoxy) is 2. The van der Waals surface area contributed by atoms with E-state index in [4.69, 9.17) is 9.47 Å². The molecule has 0 spiro atoms. The molecule has 4 rings (SSSR count). The number of hydrogen-bond acceptors (Lipinski definition) is 7. The van der Waals surface area contributed by atoms with Gasteiger partial charge in [-0.15, -0.1) is 0 Å². The van der Waals surface area contributed by atoms with E-state index in [1.807, 2.05) is 31.2 Å². The number of halogens is 6. The molecule has 1 N–H and O–H groups in total. The zero-order valence-electron chi connectivity index (χ0n) is 24.7. The molecule has 1 saturated heterocycles. The van der Waals surface area contributed by atoms with Crippen LogP contribution in [0, 0.1) is 0 Å². The highest BCUT2D eigenvalue weighted by Crippen LogP contribution is 2.50. The zero-order valence-corrected chi connectivity index (χ0v) is 24.7. The maximum atomic E-state index is 13.2. The number of esters is 1. The number of pyridine rings is 1. The first-order chi connectivity index (χ1) is 21.3. The Morgan fingerprint density at radius 3 is 2.00 bits per heavy atom. The van der Waals surface area contributed by atoms with Crippen LogP contribution in [-0.4, -0.2) is 83.7 Å². The molecular formula is C32H35F6N3O4. The van der Waals surface area contributed by atoms with Gasteiger partial charge in [-0.3, -0.25) is 19.6 Å². The molecule has 2 heterocycles. The fourth-order valence-electron chi connectivity index (χ4n) is 5.29. The van der Waals surface area contributed by atoms with Crippen molar-refractivity contribution in [1.29, 1.82) is 0 Å². The molecule has 0 saturated carbocycles. The third-order valence-electron chi connectivity index (χ3n) is 7.74. The molecule has 0 bridgehead atoms. The van der Waals surface area contributed by atoms with E-state index >= 15 is 0 Å². The maximum Gasteiger partial charge on any atom is 0.430 e. The minimum absolute atomic E-state index is 0.101. The molecule has 2 aromatic carbocycles. The zero-order chi connectivity index (χ0) is 32.7. The lowest BCUT2D eigenvalue weighted by Gasteiger charge is -2.41. The van der Waals surface area contributed by atoms with E-state index in [9.17, 15) is 36.2 Å². The van der Waals surface area contributed by atoms with Crippen molar-refractivity contribution in [3.63, 3.8) is 0 Å². The second-order valence-electron chi connectivity index (χ2n) is 10.8. The largest absolute Gasteiger partial charge is 0.463 e. The van der Waals surface area contributed by atoms with E-state index < -0.39 is 23.5 Å². The van der Waals surface area contributed by atoms with Crippen molar-refractivity contribution in [3.05, 3.63) is 89.7 Å². The molecule has 1 aromatic heterocycles. The molecule has 1 aliphatic rings. The van der Waals surface area contributed by atoms with Gasteiger partial charge >= 0.3 is 18.3 Å². The topological polar surface area (TPSA) is 75.1 Å². The van der Waals surface area contributed by atoms with Crippen molar-refractivity contribution < 1.29 is 45.7 Å². The first-order valence-corrected chi connectivity index (χ1v) is 14.5. The molecule has 244 valence electrons. The number of alkyl halides is 6. The maximum absolute atomic E-state index is 13.2. The highest BCUT2D eigenvalue weighted by atomic mass is 19.4. The monoisotopic (exact) mass is 639 g/mol. The molecule has 0 radical (unpaired) electrons. The van der Waals surface area contributed by atoms with Gasteiger partial charge in [-0.2, -0.15) is 26.3 Å². The minimum Gasteiger partial charge on any atom is -0.463 e. The standard InChI is InChI=1S/C32H35F6N3O4/c1-2-44-17-18-45-29(42)19-28-22-40(15-16-41(28)21-24-11-13-39-14-12-24)20-23-3-5-25(6-4-23)26-7-9-27(10-8-26)30(43,31(33,34)35)32(36,37)38/h3-14,28,43H,2,15-22H2,1H3. The number of aromatic nitrogens is 1. The number of benzene rings is 2.